The summed E-state index contributed by atoms with van der Waals surface area (Å²) in [6.07, 6.45) is -0.990. The molecule has 0 aliphatic heterocycles. The number of nitrogens with zero attached hydrogens (tertiary/aromatic N) is 2. The molecule has 2 N–H and O–H groups in total. The van der Waals surface area contributed by atoms with Crippen molar-refractivity contribution in [3.8, 4) is 0 Å². The smallest absolute Gasteiger partial charge is 0.451 e. The Labute approximate surface area is 157 Å². The summed E-state index contributed by atoms with van der Waals surface area (Å²) < 4.78 is 4.81. The number of benzene rings is 1. The summed E-state index contributed by atoms with van der Waals surface area (Å²) in [5.74, 6) is -3.12. The largest absolute Gasteiger partial charge is 0.480 e. The first kappa shape index (κ1) is 21.9. The van der Waals surface area contributed by atoms with Gasteiger partial charge >= 0.3 is 18.0 Å². The number of hydroxylamine groups is 2. The molecule has 1 aromatic rings. The van der Waals surface area contributed by atoms with Gasteiger partial charge in [0.25, 0.3) is 0 Å². The van der Waals surface area contributed by atoms with Crippen molar-refractivity contribution in [2.45, 2.75) is 33.2 Å². The average Bonchev–Trinajstić information content (AvgIpc) is 2.63. The van der Waals surface area contributed by atoms with Gasteiger partial charge in [-0.3, -0.25) is 5.41 Å². The highest BCUT2D eigenvalue weighted by atomic mass is 16.8. The fourth-order valence-electron chi connectivity index (χ4n) is 2.06. The molecule has 148 valence electrons. The summed E-state index contributed by atoms with van der Waals surface area (Å²) in [6, 6.07) is 7.71. The first-order chi connectivity index (χ1) is 12.7. The molecule has 0 radical (unpaired) electrons. The fourth-order valence-corrected chi connectivity index (χ4v) is 2.06. The minimum Gasteiger partial charge on any atom is -0.480 e. The molecule has 0 aliphatic carbocycles. The minimum atomic E-state index is -1.19. The van der Waals surface area contributed by atoms with Gasteiger partial charge in [-0.1, -0.05) is 49.2 Å². The van der Waals surface area contributed by atoms with Crippen LogP contribution < -0.4 is 0 Å². The van der Waals surface area contributed by atoms with Crippen LogP contribution in [0.2, 0.25) is 0 Å². The maximum atomic E-state index is 12.1. The first-order valence-electron chi connectivity index (χ1n) is 8.45. The number of guanidine groups is 1. The van der Waals surface area contributed by atoms with Crippen LogP contribution in [-0.4, -0.2) is 58.8 Å². The second-order valence-corrected chi connectivity index (χ2v) is 6.04. The normalized spacial score (nSPS) is 11.4. The highest BCUT2D eigenvalue weighted by molar-refractivity contribution is 5.94. The predicted octanol–water partition coefficient (Wildman–Crippen LogP) is 2.12. The van der Waals surface area contributed by atoms with Crippen molar-refractivity contribution in [3.63, 3.8) is 0 Å². The van der Waals surface area contributed by atoms with Gasteiger partial charge in [0.15, 0.2) is 0 Å². The Morgan fingerprint density at radius 1 is 1.19 bits per heavy atom. The molecular formula is C18H25N3O6. The minimum absolute atomic E-state index is 0.00205. The molecule has 0 saturated heterocycles. The van der Waals surface area contributed by atoms with Crippen LogP contribution >= 0.6 is 0 Å². The zero-order valence-electron chi connectivity index (χ0n) is 15.8. The van der Waals surface area contributed by atoms with Gasteiger partial charge in [-0.25, -0.2) is 14.4 Å². The highest BCUT2D eigenvalue weighted by Crippen LogP contribution is 2.12. The molecule has 0 fully saturated rings. The average molecular weight is 379 g/mol. The number of aliphatic carboxylic acids is 1. The molecular weight excluding hydrogens is 354 g/mol. The number of likely N-dealkylation sites (N-methyl/N-ethyl adjacent to an activating group) is 1. The van der Waals surface area contributed by atoms with Crippen molar-refractivity contribution in [3.05, 3.63) is 35.9 Å². The molecule has 9 nitrogen and oxygen atoms in total. The second-order valence-electron chi connectivity index (χ2n) is 6.04. The highest BCUT2D eigenvalue weighted by Gasteiger charge is 2.34. The molecule has 1 unspecified atom stereocenters. The molecule has 27 heavy (non-hydrogen) atoms. The van der Waals surface area contributed by atoms with Crippen molar-refractivity contribution in [1.82, 2.24) is 9.96 Å². The Bertz CT molecular complexity index is 677. The van der Waals surface area contributed by atoms with Crippen molar-refractivity contribution in [1.29, 1.82) is 5.41 Å². The first-order valence-corrected chi connectivity index (χ1v) is 8.45. The molecule has 1 aromatic carbocycles. The third-order valence-corrected chi connectivity index (χ3v) is 3.64. The Kier molecular flexibility index (Phi) is 8.25. The lowest BCUT2D eigenvalue weighted by atomic mass is 10.1. The van der Waals surface area contributed by atoms with E-state index in [0.29, 0.717) is 5.06 Å². The SMILES string of the molecule is CCOC(=O)N(OC(=O)C(C)C)C(=N)N(C)C(Cc1ccccc1)C(=O)O. The van der Waals surface area contributed by atoms with E-state index in [1.54, 1.807) is 51.1 Å². The van der Waals surface area contributed by atoms with Crippen molar-refractivity contribution in [2.75, 3.05) is 13.7 Å². The molecule has 0 heterocycles. The van der Waals surface area contributed by atoms with Crippen LogP contribution in [0.4, 0.5) is 4.79 Å². The Hall–Kier alpha value is -3.10. The standard InChI is InChI=1S/C18H25N3O6/c1-5-26-18(25)21(27-16(24)12(2)3)17(19)20(4)14(15(22)23)11-13-9-7-6-8-10-13/h6-10,12,14,19H,5,11H2,1-4H3,(H,22,23). The number of hydrogen-bond acceptors (Lipinski definition) is 6. The van der Waals surface area contributed by atoms with E-state index in [4.69, 9.17) is 15.0 Å². The van der Waals surface area contributed by atoms with Gasteiger partial charge in [0.1, 0.15) is 6.04 Å². The summed E-state index contributed by atoms with van der Waals surface area (Å²) in [6.45, 7) is 4.68. The molecule has 0 bridgehead atoms. The Morgan fingerprint density at radius 3 is 2.26 bits per heavy atom. The molecule has 0 aliphatic rings. The van der Waals surface area contributed by atoms with Crippen LogP contribution in [0.25, 0.3) is 0 Å². The number of carbonyl (C=O) groups is 3. The van der Waals surface area contributed by atoms with Gasteiger partial charge in [0.05, 0.1) is 12.5 Å². The van der Waals surface area contributed by atoms with Gasteiger partial charge < -0.3 is 19.6 Å². The monoisotopic (exact) mass is 379 g/mol. The summed E-state index contributed by atoms with van der Waals surface area (Å²) in [4.78, 5) is 41.7. The number of hydrogen-bond donors (Lipinski definition) is 2. The van der Waals surface area contributed by atoms with Gasteiger partial charge in [-0.05, 0) is 12.5 Å². The van der Waals surface area contributed by atoms with E-state index in [9.17, 15) is 19.5 Å². The molecule has 1 atom stereocenters. The zero-order chi connectivity index (χ0) is 20.6. The van der Waals surface area contributed by atoms with Gasteiger partial charge in [0, 0.05) is 13.5 Å². The third-order valence-electron chi connectivity index (χ3n) is 3.64. The van der Waals surface area contributed by atoms with Crippen LogP contribution in [0.1, 0.15) is 26.3 Å². The van der Waals surface area contributed by atoms with E-state index < -0.39 is 36.0 Å². The van der Waals surface area contributed by atoms with Crippen molar-refractivity contribution >= 4 is 24.0 Å². The van der Waals surface area contributed by atoms with Crippen LogP contribution in [0.3, 0.4) is 0 Å². The summed E-state index contributed by atoms with van der Waals surface area (Å²) in [5, 5.41) is 18.1. The lowest BCUT2D eigenvalue weighted by molar-refractivity contribution is -0.173. The molecule has 9 heteroatoms. The molecule has 0 saturated carbocycles. The van der Waals surface area contributed by atoms with Crippen molar-refractivity contribution in [2.24, 2.45) is 5.92 Å². The number of rotatable bonds is 6. The van der Waals surface area contributed by atoms with Crippen LogP contribution in [0, 0.1) is 11.3 Å². The van der Waals surface area contributed by atoms with E-state index in [0.717, 1.165) is 10.5 Å². The van der Waals surface area contributed by atoms with Crippen LogP contribution in [0.5, 0.6) is 0 Å². The summed E-state index contributed by atoms with van der Waals surface area (Å²) in [7, 11) is 1.33. The van der Waals surface area contributed by atoms with Gasteiger partial charge in [-0.15, -0.1) is 0 Å². The number of ether oxygens (including phenoxy) is 1. The number of carboxylic acids is 1. The zero-order valence-corrected chi connectivity index (χ0v) is 15.8. The van der Waals surface area contributed by atoms with E-state index in [-0.39, 0.29) is 13.0 Å². The van der Waals surface area contributed by atoms with Crippen molar-refractivity contribution < 1.29 is 29.1 Å². The van der Waals surface area contributed by atoms with E-state index >= 15 is 0 Å². The number of carboxylic acid groups (broad SMARTS) is 1. The number of nitrogens with one attached hydrogen (secondary N) is 1. The second kappa shape index (κ2) is 10.1. The maximum absolute atomic E-state index is 12.1. The summed E-state index contributed by atoms with van der Waals surface area (Å²) >= 11 is 0. The van der Waals surface area contributed by atoms with E-state index in [2.05, 4.69) is 0 Å². The number of amides is 1. The fraction of sp³-hybridized carbons (Fsp3) is 0.444. The van der Waals surface area contributed by atoms with Gasteiger partial charge in [0.2, 0.25) is 5.96 Å². The maximum Gasteiger partial charge on any atom is 0.451 e. The third kappa shape index (κ3) is 6.28. The topological polar surface area (TPSA) is 120 Å². The molecule has 1 rings (SSSR count). The molecule has 0 aromatic heterocycles. The summed E-state index contributed by atoms with van der Waals surface area (Å²) in [5.41, 5.74) is 0.742. The predicted molar refractivity (Wildman–Crippen MR) is 96.9 cm³/mol. The lowest BCUT2D eigenvalue weighted by Gasteiger charge is -2.31. The lowest BCUT2D eigenvalue weighted by Crippen LogP contribution is -2.53. The van der Waals surface area contributed by atoms with Gasteiger partial charge in [-0.2, -0.15) is 0 Å². The number of carbonyl (C=O) groups excluding carboxylic acids is 2. The van der Waals surface area contributed by atoms with Crippen LogP contribution in [-0.2, 0) is 25.6 Å². The molecule has 0 spiro atoms. The van der Waals surface area contributed by atoms with Crippen LogP contribution in [0.15, 0.2) is 30.3 Å². The van der Waals surface area contributed by atoms with E-state index in [1.165, 1.54) is 7.05 Å². The Morgan fingerprint density at radius 2 is 1.78 bits per heavy atom. The Balaban J connectivity index is 3.06. The van der Waals surface area contributed by atoms with E-state index in [1.807, 2.05) is 0 Å². The molecule has 1 amide bonds. The quantitative estimate of drug-likeness (QED) is 0.441.